The first kappa shape index (κ1) is 30.5. The molecule has 0 aromatic heterocycles. The van der Waals surface area contributed by atoms with E-state index in [2.05, 4.69) is 5.32 Å². The molecular weight excluding hydrogens is 458 g/mol. The lowest BCUT2D eigenvalue weighted by atomic mass is 9.97. The summed E-state index contributed by atoms with van der Waals surface area (Å²) >= 11 is 0.589. The van der Waals surface area contributed by atoms with Gasteiger partial charge in [0.1, 0.15) is 6.04 Å². The van der Waals surface area contributed by atoms with Crippen molar-refractivity contribution in [2.75, 3.05) is 20.2 Å². The Balaban J connectivity index is 5.01. The number of hydrogen-bond donors (Lipinski definition) is 1. The van der Waals surface area contributed by atoms with Gasteiger partial charge in [-0.3, -0.25) is 9.59 Å². The number of amides is 1. The van der Waals surface area contributed by atoms with Crippen LogP contribution in [-0.2, 0) is 38.1 Å². The van der Waals surface area contributed by atoms with Crippen LogP contribution in [0.25, 0.3) is 0 Å². The number of alkyl carbamates (subject to hydrolysis) is 1. The van der Waals surface area contributed by atoms with Crippen LogP contribution in [-0.4, -0.2) is 60.3 Å². The van der Waals surface area contributed by atoms with E-state index in [0.717, 1.165) is 0 Å². The van der Waals surface area contributed by atoms with Crippen LogP contribution in [0.2, 0.25) is 0 Å². The number of esters is 3. The van der Waals surface area contributed by atoms with E-state index >= 15 is 0 Å². The summed E-state index contributed by atoms with van der Waals surface area (Å²) in [6, 6.07) is -1.32. The molecule has 0 saturated carbocycles. The lowest BCUT2D eigenvalue weighted by Gasteiger charge is -2.31. The average molecular weight is 494 g/mol. The summed E-state index contributed by atoms with van der Waals surface area (Å²) < 4.78 is 23.1. The maximum atomic E-state index is 12.4. The van der Waals surface area contributed by atoms with Crippen LogP contribution in [0.15, 0.2) is 0 Å². The molecule has 0 heterocycles. The highest BCUT2D eigenvalue weighted by Crippen LogP contribution is 2.31. The molecule has 0 aliphatic rings. The van der Waals surface area contributed by atoms with E-state index in [1.54, 1.807) is 48.5 Å². The Bertz CT molecular complexity index is 722. The summed E-state index contributed by atoms with van der Waals surface area (Å²) in [6.45, 7) is 13.2. The van der Waals surface area contributed by atoms with Crippen molar-refractivity contribution in [3.8, 4) is 0 Å². The van der Waals surface area contributed by atoms with Crippen LogP contribution >= 0.6 is 11.8 Å². The van der Waals surface area contributed by atoms with Gasteiger partial charge in [0.05, 0.1) is 22.2 Å². The molecule has 190 valence electrons. The highest BCUT2D eigenvalue weighted by molar-refractivity contribution is 8.14. The van der Waals surface area contributed by atoms with Gasteiger partial charge in [0, 0.05) is 0 Å². The van der Waals surface area contributed by atoms with Crippen LogP contribution in [0.3, 0.4) is 0 Å². The zero-order valence-electron chi connectivity index (χ0n) is 20.7. The molecule has 0 aromatic rings. The minimum atomic E-state index is -1.32. The Kier molecular flexibility index (Phi) is 11.7. The van der Waals surface area contributed by atoms with Gasteiger partial charge in [-0.1, -0.05) is 0 Å². The standard InChI is InChI=1S/C21H35NO10S/c1-10-28-14(23)13(22-17(26)31-11-29-15(24)19(2,3)4)21(8,9)33-18(27)32-12-30-16(25)20(5,6)7/h13H,10-12H2,1-9H3,(H,22,26)/t13-/m0/s1. The number of hydrogen-bond acceptors (Lipinski definition) is 11. The smallest absolute Gasteiger partial charge is 0.410 e. The predicted molar refractivity (Wildman–Crippen MR) is 119 cm³/mol. The Labute approximate surface area is 198 Å². The number of carbonyl (C=O) groups excluding carboxylic acids is 5. The Morgan fingerprint density at radius 3 is 1.61 bits per heavy atom. The van der Waals surface area contributed by atoms with Crippen molar-refractivity contribution in [3.63, 3.8) is 0 Å². The van der Waals surface area contributed by atoms with Gasteiger partial charge in [-0.05, 0) is 74.1 Å². The maximum absolute atomic E-state index is 12.4. The van der Waals surface area contributed by atoms with Crippen molar-refractivity contribution in [1.29, 1.82) is 0 Å². The number of rotatable bonds is 9. The first-order valence-electron chi connectivity index (χ1n) is 10.2. The topological polar surface area (TPSA) is 144 Å². The summed E-state index contributed by atoms with van der Waals surface area (Å²) in [7, 11) is 0. The molecule has 33 heavy (non-hydrogen) atoms. The molecule has 0 rings (SSSR count). The van der Waals surface area contributed by atoms with E-state index in [1.807, 2.05) is 0 Å². The van der Waals surface area contributed by atoms with Crippen molar-refractivity contribution in [3.05, 3.63) is 0 Å². The molecular formula is C21H35NO10S. The van der Waals surface area contributed by atoms with Crippen molar-refractivity contribution >= 4 is 41.1 Å². The fourth-order valence-electron chi connectivity index (χ4n) is 1.91. The number of nitrogens with one attached hydrogen (secondary N) is 1. The maximum Gasteiger partial charge on any atom is 0.410 e. The van der Waals surface area contributed by atoms with Crippen LogP contribution in [0.5, 0.6) is 0 Å². The first-order chi connectivity index (χ1) is 14.9. The molecule has 0 radical (unpaired) electrons. The molecule has 0 aromatic carbocycles. The average Bonchev–Trinajstić information content (AvgIpc) is 2.63. The molecule has 0 fully saturated rings. The molecule has 0 aliphatic heterocycles. The molecule has 1 atom stereocenters. The van der Waals surface area contributed by atoms with E-state index in [-0.39, 0.29) is 6.61 Å². The van der Waals surface area contributed by atoms with Crippen molar-refractivity contribution in [2.24, 2.45) is 10.8 Å². The van der Waals surface area contributed by atoms with Gasteiger partial charge < -0.3 is 29.0 Å². The van der Waals surface area contributed by atoms with Gasteiger partial charge in [0.2, 0.25) is 13.6 Å². The molecule has 0 saturated heterocycles. The monoisotopic (exact) mass is 493 g/mol. The van der Waals surface area contributed by atoms with E-state index in [1.165, 1.54) is 13.8 Å². The third kappa shape index (κ3) is 11.8. The first-order valence-corrected chi connectivity index (χ1v) is 11.0. The Morgan fingerprint density at radius 1 is 0.727 bits per heavy atom. The number of thioether (sulfide) groups is 1. The minimum absolute atomic E-state index is 0.0310. The molecule has 1 N–H and O–H groups in total. The summed E-state index contributed by atoms with van der Waals surface area (Å²) in [5.41, 5.74) is -1.55. The second kappa shape index (κ2) is 12.7. The van der Waals surface area contributed by atoms with Gasteiger partial charge in [0.25, 0.3) is 0 Å². The third-order valence-electron chi connectivity index (χ3n) is 3.80. The molecule has 12 heteroatoms. The Morgan fingerprint density at radius 2 is 1.18 bits per heavy atom. The third-order valence-corrected chi connectivity index (χ3v) is 4.84. The second-order valence-corrected chi connectivity index (χ2v) is 11.0. The quantitative estimate of drug-likeness (QED) is 0.287. The SMILES string of the molecule is CCOC(=O)[C@H](NC(=O)OCOC(=O)C(C)(C)C)C(C)(C)SC(=O)OCOC(=O)C(C)(C)C. The van der Waals surface area contributed by atoms with Crippen LogP contribution < -0.4 is 5.32 Å². The summed E-state index contributed by atoms with van der Waals surface area (Å²) in [5, 5.41) is 1.47. The minimum Gasteiger partial charge on any atom is -0.464 e. The van der Waals surface area contributed by atoms with E-state index in [0.29, 0.717) is 11.8 Å². The highest BCUT2D eigenvalue weighted by atomic mass is 32.2. The van der Waals surface area contributed by atoms with Gasteiger partial charge in [-0.2, -0.15) is 0 Å². The predicted octanol–water partition coefficient (Wildman–Crippen LogP) is 3.39. The normalized spacial score (nSPS) is 12.8. The number of carbonyl (C=O) groups is 5. The summed E-state index contributed by atoms with van der Waals surface area (Å²) in [5.74, 6) is -1.95. The van der Waals surface area contributed by atoms with Crippen LogP contribution in [0, 0.1) is 10.8 Å². The van der Waals surface area contributed by atoms with Crippen molar-refractivity contribution in [1.82, 2.24) is 5.32 Å². The lowest BCUT2D eigenvalue weighted by molar-refractivity contribution is -0.162. The van der Waals surface area contributed by atoms with Crippen molar-refractivity contribution in [2.45, 2.75) is 73.1 Å². The molecule has 0 bridgehead atoms. The van der Waals surface area contributed by atoms with Crippen LogP contribution in [0.4, 0.5) is 9.59 Å². The lowest BCUT2D eigenvalue weighted by Crippen LogP contribution is -2.53. The van der Waals surface area contributed by atoms with Gasteiger partial charge in [-0.25, -0.2) is 14.4 Å². The molecule has 0 spiro atoms. The number of ether oxygens (including phenoxy) is 5. The van der Waals surface area contributed by atoms with E-state index in [4.69, 9.17) is 23.7 Å². The zero-order chi connectivity index (χ0) is 26.0. The van der Waals surface area contributed by atoms with Crippen LogP contribution in [0.1, 0.15) is 62.3 Å². The van der Waals surface area contributed by atoms with Gasteiger partial charge in [0.15, 0.2) is 0 Å². The van der Waals surface area contributed by atoms with Gasteiger partial charge in [-0.15, -0.1) is 0 Å². The summed E-state index contributed by atoms with van der Waals surface area (Å²) in [4.78, 5) is 60.2. The molecule has 0 aliphatic carbocycles. The molecule has 0 unspecified atom stereocenters. The summed E-state index contributed by atoms with van der Waals surface area (Å²) in [6.07, 6.45) is -1.06. The van der Waals surface area contributed by atoms with Gasteiger partial charge >= 0.3 is 29.3 Å². The largest absolute Gasteiger partial charge is 0.464 e. The van der Waals surface area contributed by atoms with E-state index in [9.17, 15) is 24.0 Å². The molecule has 1 amide bonds. The zero-order valence-corrected chi connectivity index (χ0v) is 21.5. The fraction of sp³-hybridized carbons (Fsp3) is 0.762. The fourth-order valence-corrected chi connectivity index (χ4v) is 2.72. The Hall–Kier alpha value is -2.50. The molecule has 11 nitrogen and oxygen atoms in total. The van der Waals surface area contributed by atoms with Crippen molar-refractivity contribution < 1.29 is 47.7 Å². The second-order valence-electron chi connectivity index (χ2n) is 9.46. The highest BCUT2D eigenvalue weighted by Gasteiger charge is 2.41. The van der Waals surface area contributed by atoms with E-state index < -0.39 is 64.5 Å².